The van der Waals surface area contributed by atoms with E-state index in [1.54, 1.807) is 36.2 Å². The minimum absolute atomic E-state index is 0.113. The van der Waals surface area contributed by atoms with Gasteiger partial charge in [0.25, 0.3) is 0 Å². The fourth-order valence-electron chi connectivity index (χ4n) is 3.86. The number of rotatable bonds is 13. The van der Waals surface area contributed by atoms with Crippen molar-refractivity contribution in [3.05, 3.63) is 59.7 Å². The lowest BCUT2D eigenvalue weighted by atomic mass is 10.1. The summed E-state index contributed by atoms with van der Waals surface area (Å²) < 4.78 is 31.6. The number of anilines is 1. The van der Waals surface area contributed by atoms with Crippen molar-refractivity contribution < 1.29 is 22.7 Å². The van der Waals surface area contributed by atoms with Gasteiger partial charge in [-0.15, -0.1) is 0 Å². The van der Waals surface area contributed by atoms with Gasteiger partial charge in [0, 0.05) is 26.6 Å². The predicted molar refractivity (Wildman–Crippen MR) is 139 cm³/mol. The third kappa shape index (κ3) is 8.28. The molecule has 2 amide bonds. The number of hydrogen-bond donors (Lipinski definition) is 1. The zero-order chi connectivity index (χ0) is 26.0. The summed E-state index contributed by atoms with van der Waals surface area (Å²) in [4.78, 5) is 27.4. The van der Waals surface area contributed by atoms with Crippen molar-refractivity contribution in [3.8, 4) is 5.75 Å². The molecular weight excluding hydrogens is 466 g/mol. The molecular formula is C26H37N3O5S. The van der Waals surface area contributed by atoms with E-state index in [1.165, 1.54) is 4.31 Å². The Labute approximate surface area is 209 Å². The molecule has 9 heteroatoms. The fourth-order valence-corrected chi connectivity index (χ4v) is 4.82. The molecule has 0 aliphatic heterocycles. The van der Waals surface area contributed by atoms with E-state index in [0.717, 1.165) is 17.4 Å². The van der Waals surface area contributed by atoms with Crippen molar-refractivity contribution in [2.75, 3.05) is 30.8 Å². The van der Waals surface area contributed by atoms with Crippen molar-refractivity contribution in [2.24, 2.45) is 0 Å². The van der Waals surface area contributed by atoms with E-state index in [1.807, 2.05) is 45.0 Å². The Morgan fingerprint density at radius 2 is 1.66 bits per heavy atom. The molecule has 192 valence electrons. The number of ether oxygens (including phenoxy) is 1. The van der Waals surface area contributed by atoms with E-state index >= 15 is 0 Å². The largest absolute Gasteiger partial charge is 0.494 e. The molecule has 0 bridgehead atoms. The zero-order valence-corrected chi connectivity index (χ0v) is 22.1. The maximum absolute atomic E-state index is 13.3. The average molecular weight is 504 g/mol. The molecule has 1 atom stereocenters. The van der Waals surface area contributed by atoms with Crippen LogP contribution in [0.4, 0.5) is 5.69 Å². The highest BCUT2D eigenvalue weighted by molar-refractivity contribution is 7.92. The second-order valence-electron chi connectivity index (χ2n) is 8.41. The van der Waals surface area contributed by atoms with Gasteiger partial charge in [-0.2, -0.15) is 0 Å². The van der Waals surface area contributed by atoms with Gasteiger partial charge in [0.15, 0.2) is 0 Å². The summed E-state index contributed by atoms with van der Waals surface area (Å²) in [5, 5.41) is 2.64. The normalized spacial score (nSPS) is 12.0. The Kier molecular flexibility index (Phi) is 10.6. The Bertz CT molecular complexity index is 1070. The molecule has 2 aromatic carbocycles. The summed E-state index contributed by atoms with van der Waals surface area (Å²) in [5.74, 6) is 0.243. The van der Waals surface area contributed by atoms with Crippen LogP contribution in [-0.2, 0) is 26.2 Å². The van der Waals surface area contributed by atoms with Crippen molar-refractivity contribution in [1.29, 1.82) is 0 Å². The number of hydrogen-bond acceptors (Lipinski definition) is 5. The fraction of sp³-hybridized carbons (Fsp3) is 0.462. The summed E-state index contributed by atoms with van der Waals surface area (Å²) in [7, 11) is -1.99. The van der Waals surface area contributed by atoms with Gasteiger partial charge in [-0.05, 0) is 56.5 Å². The number of benzene rings is 2. The summed E-state index contributed by atoms with van der Waals surface area (Å²) in [6, 6.07) is 14.1. The lowest BCUT2D eigenvalue weighted by Gasteiger charge is -2.31. The highest BCUT2D eigenvalue weighted by atomic mass is 32.2. The first kappa shape index (κ1) is 28.2. The summed E-state index contributed by atoms with van der Waals surface area (Å²) in [6.07, 6.45) is 2.04. The van der Waals surface area contributed by atoms with Crippen LogP contribution in [0, 0.1) is 6.92 Å². The summed E-state index contributed by atoms with van der Waals surface area (Å²) in [6.45, 7) is 6.71. The number of likely N-dealkylation sites (N-methyl/N-ethyl adjacent to an activating group) is 1. The van der Waals surface area contributed by atoms with Gasteiger partial charge in [-0.3, -0.25) is 13.9 Å². The van der Waals surface area contributed by atoms with Crippen molar-refractivity contribution >= 4 is 27.5 Å². The topological polar surface area (TPSA) is 96.0 Å². The van der Waals surface area contributed by atoms with E-state index in [4.69, 9.17) is 4.74 Å². The lowest BCUT2D eigenvalue weighted by Crippen LogP contribution is -2.48. The van der Waals surface area contributed by atoms with Crippen LogP contribution in [0.1, 0.15) is 44.2 Å². The molecule has 0 aliphatic rings. The molecule has 2 aromatic rings. The number of nitrogens with one attached hydrogen (secondary N) is 1. The Morgan fingerprint density at radius 3 is 2.17 bits per heavy atom. The molecule has 8 nitrogen and oxygen atoms in total. The number of sulfonamides is 1. The highest BCUT2D eigenvalue weighted by Gasteiger charge is 2.28. The number of carbonyl (C=O) groups excluding carboxylic acids is 2. The molecule has 0 saturated heterocycles. The maximum Gasteiger partial charge on any atom is 0.242 e. The van der Waals surface area contributed by atoms with Gasteiger partial charge in [-0.1, -0.05) is 36.8 Å². The number of nitrogens with zero attached hydrogens (tertiary/aromatic N) is 2. The molecule has 35 heavy (non-hydrogen) atoms. The monoisotopic (exact) mass is 503 g/mol. The first-order valence-electron chi connectivity index (χ1n) is 11.9. The van der Waals surface area contributed by atoms with Gasteiger partial charge in [-0.25, -0.2) is 8.42 Å². The van der Waals surface area contributed by atoms with Crippen LogP contribution in [0.3, 0.4) is 0 Å². The van der Waals surface area contributed by atoms with Gasteiger partial charge in [0.2, 0.25) is 21.8 Å². The number of amides is 2. The molecule has 1 unspecified atom stereocenters. The van der Waals surface area contributed by atoms with Gasteiger partial charge in [0.05, 0.1) is 18.6 Å². The summed E-state index contributed by atoms with van der Waals surface area (Å²) in [5.41, 5.74) is 2.55. The molecule has 0 aromatic heterocycles. The minimum Gasteiger partial charge on any atom is -0.494 e. The third-order valence-electron chi connectivity index (χ3n) is 5.69. The Morgan fingerprint density at radius 1 is 1.03 bits per heavy atom. The van der Waals surface area contributed by atoms with Crippen LogP contribution in [-0.4, -0.2) is 57.6 Å². The molecule has 0 saturated carbocycles. The zero-order valence-electron chi connectivity index (χ0n) is 21.3. The van der Waals surface area contributed by atoms with Crippen LogP contribution in [0.2, 0.25) is 0 Å². The van der Waals surface area contributed by atoms with Gasteiger partial charge >= 0.3 is 0 Å². The van der Waals surface area contributed by atoms with E-state index < -0.39 is 16.1 Å². The molecule has 0 spiro atoms. The van der Waals surface area contributed by atoms with Crippen molar-refractivity contribution in [3.63, 3.8) is 0 Å². The van der Waals surface area contributed by atoms with Gasteiger partial charge < -0.3 is 15.0 Å². The molecule has 2 rings (SSSR count). The van der Waals surface area contributed by atoms with Crippen molar-refractivity contribution in [1.82, 2.24) is 10.2 Å². The van der Waals surface area contributed by atoms with Crippen LogP contribution in [0.25, 0.3) is 0 Å². The molecule has 0 heterocycles. The van der Waals surface area contributed by atoms with E-state index in [0.29, 0.717) is 37.4 Å². The van der Waals surface area contributed by atoms with E-state index in [2.05, 4.69) is 5.32 Å². The second kappa shape index (κ2) is 13.1. The molecule has 0 aliphatic carbocycles. The first-order valence-corrected chi connectivity index (χ1v) is 13.7. The average Bonchev–Trinajstić information content (AvgIpc) is 2.82. The van der Waals surface area contributed by atoms with E-state index in [-0.39, 0.29) is 24.8 Å². The maximum atomic E-state index is 13.3. The van der Waals surface area contributed by atoms with E-state index in [9.17, 15) is 18.0 Å². The quantitative estimate of drug-likeness (QED) is 0.451. The first-order chi connectivity index (χ1) is 16.6. The van der Waals surface area contributed by atoms with Crippen LogP contribution < -0.4 is 14.4 Å². The highest BCUT2D eigenvalue weighted by Crippen LogP contribution is 2.23. The van der Waals surface area contributed by atoms with Gasteiger partial charge in [0.1, 0.15) is 11.8 Å². The SMILES string of the molecule is CCOc1ccc(N(CCCC(=O)N(Cc2ccc(C)cc2)C(CC)C(=O)NC)S(C)(=O)=O)cc1. The standard InChI is InChI=1S/C26H37N3O5S/c1-6-24(26(31)27-4)28(19-21-12-10-20(3)11-13-21)25(30)9-8-18-29(35(5,32)33)22-14-16-23(17-15-22)34-7-2/h10-17,24H,6-9,18-19H2,1-5H3,(H,27,31). The third-order valence-corrected chi connectivity index (χ3v) is 6.89. The number of aryl methyl sites for hydroxylation is 1. The lowest BCUT2D eigenvalue weighted by molar-refractivity contribution is -0.141. The Hall–Kier alpha value is -3.07. The van der Waals surface area contributed by atoms with Crippen LogP contribution >= 0.6 is 0 Å². The second-order valence-corrected chi connectivity index (χ2v) is 10.3. The van der Waals surface area contributed by atoms with Crippen LogP contribution in [0.15, 0.2) is 48.5 Å². The number of carbonyl (C=O) groups is 2. The Balaban J connectivity index is 2.16. The predicted octanol–water partition coefficient (Wildman–Crippen LogP) is 3.49. The summed E-state index contributed by atoms with van der Waals surface area (Å²) >= 11 is 0. The van der Waals surface area contributed by atoms with Crippen LogP contribution in [0.5, 0.6) is 5.75 Å². The molecule has 1 N–H and O–H groups in total. The van der Waals surface area contributed by atoms with Crippen molar-refractivity contribution in [2.45, 2.75) is 52.6 Å². The minimum atomic E-state index is -3.55. The molecule has 0 radical (unpaired) electrons. The molecule has 0 fully saturated rings. The smallest absolute Gasteiger partial charge is 0.242 e.